The normalized spacial score (nSPS) is 20.2. The average molecular weight is 265 g/mol. The van der Waals surface area contributed by atoms with E-state index in [0.717, 1.165) is 37.7 Å². The fourth-order valence-corrected chi connectivity index (χ4v) is 3.29. The van der Waals surface area contributed by atoms with E-state index in [9.17, 15) is 0 Å². The molecule has 1 saturated heterocycles. The van der Waals surface area contributed by atoms with E-state index in [1.165, 1.54) is 11.3 Å². The second kappa shape index (κ2) is 6.43. The summed E-state index contributed by atoms with van der Waals surface area (Å²) >= 11 is 2.06. The second-order valence-corrected chi connectivity index (χ2v) is 6.43. The number of rotatable bonds is 4. The number of nitrogens with zero attached hydrogens (tertiary/aromatic N) is 2. The SMILES string of the molecule is CCNCc1cc(C)nc(N2CCSC(C)C2)c1. The van der Waals surface area contributed by atoms with Crippen LogP contribution in [0.3, 0.4) is 0 Å². The minimum absolute atomic E-state index is 0.707. The van der Waals surface area contributed by atoms with Gasteiger partial charge in [-0.3, -0.25) is 0 Å². The topological polar surface area (TPSA) is 28.2 Å². The van der Waals surface area contributed by atoms with Crippen LogP contribution in [0.25, 0.3) is 0 Å². The van der Waals surface area contributed by atoms with E-state index in [0.29, 0.717) is 5.25 Å². The lowest BCUT2D eigenvalue weighted by atomic mass is 10.2. The number of hydrogen-bond donors (Lipinski definition) is 1. The number of nitrogens with one attached hydrogen (secondary N) is 1. The highest BCUT2D eigenvalue weighted by atomic mass is 32.2. The quantitative estimate of drug-likeness (QED) is 0.905. The van der Waals surface area contributed by atoms with Crippen LogP contribution in [0.4, 0.5) is 5.82 Å². The van der Waals surface area contributed by atoms with E-state index in [1.807, 2.05) is 0 Å². The molecule has 1 aromatic heterocycles. The van der Waals surface area contributed by atoms with Gasteiger partial charge in [-0.1, -0.05) is 13.8 Å². The Kier molecular flexibility index (Phi) is 4.89. The first-order valence-corrected chi connectivity index (χ1v) is 7.78. The van der Waals surface area contributed by atoms with Crippen molar-refractivity contribution < 1.29 is 0 Å². The molecule has 0 saturated carbocycles. The van der Waals surface area contributed by atoms with Gasteiger partial charge in [-0.15, -0.1) is 0 Å². The largest absolute Gasteiger partial charge is 0.355 e. The number of pyridine rings is 1. The molecule has 2 rings (SSSR count). The van der Waals surface area contributed by atoms with Crippen molar-refractivity contribution in [1.29, 1.82) is 0 Å². The molecule has 2 heterocycles. The number of thioether (sulfide) groups is 1. The summed E-state index contributed by atoms with van der Waals surface area (Å²) in [4.78, 5) is 7.11. The van der Waals surface area contributed by atoms with Crippen LogP contribution in [0.15, 0.2) is 12.1 Å². The molecule has 0 aliphatic carbocycles. The minimum atomic E-state index is 0.707. The molecule has 0 amide bonds. The zero-order valence-corrected chi connectivity index (χ0v) is 12.4. The smallest absolute Gasteiger partial charge is 0.129 e. The summed E-state index contributed by atoms with van der Waals surface area (Å²) in [7, 11) is 0. The first-order chi connectivity index (χ1) is 8.69. The highest BCUT2D eigenvalue weighted by Gasteiger charge is 2.18. The Morgan fingerprint density at radius 3 is 3.06 bits per heavy atom. The molecule has 1 atom stereocenters. The fraction of sp³-hybridized carbons (Fsp3) is 0.643. The Hall–Kier alpha value is -0.740. The molecule has 1 aliphatic heterocycles. The van der Waals surface area contributed by atoms with Gasteiger partial charge in [0.25, 0.3) is 0 Å². The summed E-state index contributed by atoms with van der Waals surface area (Å²) in [6.45, 7) is 10.7. The van der Waals surface area contributed by atoms with Crippen LogP contribution in [-0.4, -0.2) is 35.6 Å². The van der Waals surface area contributed by atoms with Gasteiger partial charge in [0.1, 0.15) is 5.82 Å². The van der Waals surface area contributed by atoms with Crippen LogP contribution in [0.1, 0.15) is 25.1 Å². The summed E-state index contributed by atoms with van der Waals surface area (Å²) in [5, 5.41) is 4.09. The van der Waals surface area contributed by atoms with Crippen molar-refractivity contribution >= 4 is 17.6 Å². The van der Waals surface area contributed by atoms with E-state index in [-0.39, 0.29) is 0 Å². The Morgan fingerprint density at radius 1 is 1.50 bits per heavy atom. The third kappa shape index (κ3) is 3.62. The van der Waals surface area contributed by atoms with Gasteiger partial charge in [-0.2, -0.15) is 11.8 Å². The van der Waals surface area contributed by atoms with Crippen LogP contribution >= 0.6 is 11.8 Å². The monoisotopic (exact) mass is 265 g/mol. The summed E-state index contributed by atoms with van der Waals surface area (Å²) in [5.74, 6) is 2.36. The van der Waals surface area contributed by atoms with Gasteiger partial charge in [0.15, 0.2) is 0 Å². The Balaban J connectivity index is 2.13. The molecule has 0 radical (unpaired) electrons. The van der Waals surface area contributed by atoms with Gasteiger partial charge in [-0.25, -0.2) is 4.98 Å². The van der Waals surface area contributed by atoms with E-state index >= 15 is 0 Å². The third-order valence-electron chi connectivity index (χ3n) is 3.14. The van der Waals surface area contributed by atoms with E-state index in [4.69, 9.17) is 0 Å². The van der Waals surface area contributed by atoms with Crippen LogP contribution in [0.2, 0.25) is 0 Å². The Morgan fingerprint density at radius 2 is 2.33 bits per heavy atom. The van der Waals surface area contributed by atoms with Crippen LogP contribution in [0.5, 0.6) is 0 Å². The van der Waals surface area contributed by atoms with Crippen molar-refractivity contribution in [3.05, 3.63) is 23.4 Å². The fourth-order valence-electron chi connectivity index (χ4n) is 2.28. The minimum Gasteiger partial charge on any atom is -0.355 e. The first-order valence-electron chi connectivity index (χ1n) is 6.74. The van der Waals surface area contributed by atoms with Crippen molar-refractivity contribution in [2.45, 2.75) is 32.6 Å². The van der Waals surface area contributed by atoms with Gasteiger partial charge in [0, 0.05) is 36.3 Å². The van der Waals surface area contributed by atoms with Gasteiger partial charge in [0.05, 0.1) is 0 Å². The highest BCUT2D eigenvalue weighted by molar-refractivity contribution is 8.00. The Bertz CT molecular complexity index is 395. The summed E-state index contributed by atoms with van der Waals surface area (Å²) < 4.78 is 0. The van der Waals surface area contributed by atoms with Crippen molar-refractivity contribution in [3.8, 4) is 0 Å². The third-order valence-corrected chi connectivity index (χ3v) is 4.28. The highest BCUT2D eigenvalue weighted by Crippen LogP contribution is 2.23. The van der Waals surface area contributed by atoms with Gasteiger partial charge in [0.2, 0.25) is 0 Å². The molecule has 1 unspecified atom stereocenters. The van der Waals surface area contributed by atoms with E-state index in [2.05, 4.69) is 59.9 Å². The van der Waals surface area contributed by atoms with Crippen molar-refractivity contribution in [1.82, 2.24) is 10.3 Å². The predicted molar refractivity (Wildman–Crippen MR) is 80.5 cm³/mol. The lowest BCUT2D eigenvalue weighted by Crippen LogP contribution is -2.37. The molecule has 1 N–H and O–H groups in total. The maximum absolute atomic E-state index is 4.69. The molecule has 4 heteroatoms. The number of anilines is 1. The molecule has 0 bridgehead atoms. The van der Waals surface area contributed by atoms with Gasteiger partial charge in [-0.05, 0) is 31.2 Å². The predicted octanol–water partition coefficient (Wildman–Crippen LogP) is 2.44. The molecule has 1 fully saturated rings. The summed E-state index contributed by atoms with van der Waals surface area (Å²) in [6.07, 6.45) is 0. The lowest BCUT2D eigenvalue weighted by molar-refractivity contribution is 0.721. The van der Waals surface area contributed by atoms with Crippen molar-refractivity contribution in [3.63, 3.8) is 0 Å². The lowest BCUT2D eigenvalue weighted by Gasteiger charge is -2.32. The van der Waals surface area contributed by atoms with Gasteiger partial charge < -0.3 is 10.2 Å². The molecule has 0 spiro atoms. The van der Waals surface area contributed by atoms with Crippen LogP contribution in [-0.2, 0) is 6.54 Å². The van der Waals surface area contributed by atoms with Crippen LogP contribution < -0.4 is 10.2 Å². The van der Waals surface area contributed by atoms with Crippen molar-refractivity contribution in [2.75, 3.05) is 30.3 Å². The maximum atomic E-state index is 4.69. The molecule has 1 aliphatic rings. The number of hydrogen-bond acceptors (Lipinski definition) is 4. The molecule has 0 aromatic carbocycles. The number of aryl methyl sites for hydroxylation is 1. The first kappa shape index (κ1) is 13.7. The summed E-state index contributed by atoms with van der Waals surface area (Å²) in [6, 6.07) is 4.41. The van der Waals surface area contributed by atoms with E-state index in [1.54, 1.807) is 0 Å². The van der Waals surface area contributed by atoms with Crippen LogP contribution in [0, 0.1) is 6.92 Å². The zero-order valence-electron chi connectivity index (χ0n) is 11.6. The average Bonchev–Trinajstić information content (AvgIpc) is 2.36. The molecular formula is C14H23N3S. The standard InChI is InChI=1S/C14H23N3S/c1-4-15-9-13-7-11(2)16-14(8-13)17-5-6-18-12(3)10-17/h7-8,12,15H,4-6,9-10H2,1-3H3. The van der Waals surface area contributed by atoms with Gasteiger partial charge >= 0.3 is 0 Å². The summed E-state index contributed by atoms with van der Waals surface area (Å²) in [5.41, 5.74) is 2.46. The molecule has 18 heavy (non-hydrogen) atoms. The zero-order chi connectivity index (χ0) is 13.0. The maximum Gasteiger partial charge on any atom is 0.129 e. The molecule has 1 aromatic rings. The number of aromatic nitrogens is 1. The molecular weight excluding hydrogens is 242 g/mol. The Labute approximate surface area is 114 Å². The van der Waals surface area contributed by atoms with Crippen molar-refractivity contribution in [2.24, 2.45) is 0 Å². The molecule has 100 valence electrons. The van der Waals surface area contributed by atoms with E-state index < -0.39 is 0 Å². The molecule has 3 nitrogen and oxygen atoms in total. The second-order valence-electron chi connectivity index (χ2n) is 4.88.